The minimum atomic E-state index is -0.485. The number of hydrogen-bond acceptors (Lipinski definition) is 2. The van der Waals surface area contributed by atoms with E-state index in [0.29, 0.717) is 5.69 Å². The first kappa shape index (κ1) is 16.0. The van der Waals surface area contributed by atoms with Crippen LogP contribution in [0.15, 0.2) is 42.5 Å². The molecule has 2 rings (SSSR count). The number of carbonyl (C=O) groups excluding carboxylic acids is 1. The fourth-order valence-corrected chi connectivity index (χ4v) is 2.29. The molecule has 3 nitrogen and oxygen atoms in total. The third-order valence-electron chi connectivity index (χ3n) is 3.18. The van der Waals surface area contributed by atoms with E-state index in [4.69, 9.17) is 5.73 Å². The molecule has 2 aromatic carbocycles. The van der Waals surface area contributed by atoms with Crippen LogP contribution in [0.2, 0.25) is 0 Å². The molecule has 0 unspecified atom stereocenters. The van der Waals surface area contributed by atoms with Crippen molar-refractivity contribution in [2.75, 3.05) is 11.1 Å². The molecule has 0 spiro atoms. The SMILES string of the molecule is CC(C)(C)Cc1cccc(NC(=O)c2cc(F)ccc2N)c1. The van der Waals surface area contributed by atoms with Crippen molar-refractivity contribution in [2.24, 2.45) is 5.41 Å². The van der Waals surface area contributed by atoms with Crippen LogP contribution in [-0.2, 0) is 6.42 Å². The predicted octanol–water partition coefficient (Wildman–Crippen LogP) is 4.25. The van der Waals surface area contributed by atoms with Crippen molar-refractivity contribution in [1.82, 2.24) is 0 Å². The third-order valence-corrected chi connectivity index (χ3v) is 3.18. The van der Waals surface area contributed by atoms with Gasteiger partial charge in [0, 0.05) is 11.4 Å². The third kappa shape index (κ3) is 4.32. The molecule has 116 valence electrons. The van der Waals surface area contributed by atoms with Gasteiger partial charge in [-0.1, -0.05) is 32.9 Å². The topological polar surface area (TPSA) is 55.1 Å². The van der Waals surface area contributed by atoms with Gasteiger partial charge in [0.15, 0.2) is 0 Å². The summed E-state index contributed by atoms with van der Waals surface area (Å²) in [6, 6.07) is 11.4. The number of nitrogens with one attached hydrogen (secondary N) is 1. The van der Waals surface area contributed by atoms with Crippen LogP contribution in [0.1, 0.15) is 36.7 Å². The van der Waals surface area contributed by atoms with Gasteiger partial charge in [-0.15, -0.1) is 0 Å². The van der Waals surface area contributed by atoms with E-state index in [2.05, 4.69) is 26.1 Å². The zero-order valence-corrected chi connectivity index (χ0v) is 13.1. The molecule has 0 heterocycles. The molecule has 1 amide bonds. The fraction of sp³-hybridized carbons (Fsp3) is 0.278. The molecule has 0 bridgehead atoms. The average Bonchev–Trinajstić information content (AvgIpc) is 2.40. The van der Waals surface area contributed by atoms with E-state index in [-0.39, 0.29) is 16.7 Å². The highest BCUT2D eigenvalue weighted by atomic mass is 19.1. The quantitative estimate of drug-likeness (QED) is 0.833. The summed E-state index contributed by atoms with van der Waals surface area (Å²) in [7, 11) is 0. The zero-order chi connectivity index (χ0) is 16.3. The van der Waals surface area contributed by atoms with Crippen LogP contribution >= 0.6 is 0 Å². The van der Waals surface area contributed by atoms with Crippen LogP contribution in [0.25, 0.3) is 0 Å². The van der Waals surface area contributed by atoms with E-state index in [1.54, 1.807) is 6.07 Å². The van der Waals surface area contributed by atoms with E-state index in [0.717, 1.165) is 18.1 Å². The second-order valence-corrected chi connectivity index (χ2v) is 6.62. The summed E-state index contributed by atoms with van der Waals surface area (Å²) in [6.07, 6.45) is 0.902. The lowest BCUT2D eigenvalue weighted by Crippen LogP contribution is -2.15. The summed E-state index contributed by atoms with van der Waals surface area (Å²) in [5, 5.41) is 2.77. The lowest BCUT2D eigenvalue weighted by molar-refractivity contribution is 0.102. The van der Waals surface area contributed by atoms with Crippen LogP contribution < -0.4 is 11.1 Å². The van der Waals surface area contributed by atoms with Gasteiger partial charge in [-0.05, 0) is 47.7 Å². The number of halogens is 1. The molecule has 0 aliphatic heterocycles. The molecule has 3 N–H and O–H groups in total. The van der Waals surface area contributed by atoms with Crippen molar-refractivity contribution in [3.63, 3.8) is 0 Å². The molecule has 4 heteroatoms. The standard InChI is InChI=1S/C18H21FN2O/c1-18(2,3)11-12-5-4-6-14(9-12)21-17(22)15-10-13(19)7-8-16(15)20/h4-10H,11,20H2,1-3H3,(H,21,22). The van der Waals surface area contributed by atoms with Crippen LogP contribution in [-0.4, -0.2) is 5.91 Å². The molecular weight excluding hydrogens is 279 g/mol. The first-order valence-electron chi connectivity index (χ1n) is 7.20. The van der Waals surface area contributed by atoms with Gasteiger partial charge < -0.3 is 11.1 Å². The predicted molar refractivity (Wildman–Crippen MR) is 88.4 cm³/mol. The van der Waals surface area contributed by atoms with Gasteiger partial charge in [0.25, 0.3) is 5.91 Å². The highest BCUT2D eigenvalue weighted by Gasteiger charge is 2.13. The fourth-order valence-electron chi connectivity index (χ4n) is 2.29. The lowest BCUT2D eigenvalue weighted by atomic mass is 9.88. The van der Waals surface area contributed by atoms with Crippen molar-refractivity contribution in [2.45, 2.75) is 27.2 Å². The summed E-state index contributed by atoms with van der Waals surface area (Å²) in [5.74, 6) is -0.897. The van der Waals surface area contributed by atoms with E-state index in [1.807, 2.05) is 18.2 Å². The molecule has 0 saturated carbocycles. The van der Waals surface area contributed by atoms with Crippen LogP contribution in [0.3, 0.4) is 0 Å². The monoisotopic (exact) mass is 300 g/mol. The highest BCUT2D eigenvalue weighted by molar-refractivity contribution is 6.07. The van der Waals surface area contributed by atoms with Crippen molar-refractivity contribution >= 4 is 17.3 Å². The van der Waals surface area contributed by atoms with Crippen molar-refractivity contribution in [3.05, 3.63) is 59.4 Å². The largest absolute Gasteiger partial charge is 0.398 e. The Kier molecular flexibility index (Phi) is 4.50. The van der Waals surface area contributed by atoms with Gasteiger partial charge in [-0.25, -0.2) is 4.39 Å². The van der Waals surface area contributed by atoms with Gasteiger partial charge >= 0.3 is 0 Å². The Bertz CT molecular complexity index is 690. The van der Waals surface area contributed by atoms with E-state index >= 15 is 0 Å². The maximum absolute atomic E-state index is 13.3. The molecule has 22 heavy (non-hydrogen) atoms. The molecule has 0 aromatic heterocycles. The molecular formula is C18H21FN2O. The smallest absolute Gasteiger partial charge is 0.257 e. The second-order valence-electron chi connectivity index (χ2n) is 6.62. The van der Waals surface area contributed by atoms with Gasteiger partial charge in [0.05, 0.1) is 5.56 Å². The Morgan fingerprint density at radius 2 is 1.91 bits per heavy atom. The molecule has 0 radical (unpaired) electrons. The van der Waals surface area contributed by atoms with Crippen LogP contribution in [0, 0.1) is 11.2 Å². The minimum absolute atomic E-state index is 0.140. The number of amides is 1. The Morgan fingerprint density at radius 1 is 1.18 bits per heavy atom. The first-order valence-corrected chi connectivity index (χ1v) is 7.20. The first-order chi connectivity index (χ1) is 10.2. The van der Waals surface area contributed by atoms with Crippen molar-refractivity contribution < 1.29 is 9.18 Å². The van der Waals surface area contributed by atoms with Crippen LogP contribution in [0.5, 0.6) is 0 Å². The van der Waals surface area contributed by atoms with Crippen molar-refractivity contribution in [3.8, 4) is 0 Å². The van der Waals surface area contributed by atoms with Gasteiger partial charge in [-0.2, -0.15) is 0 Å². The summed E-state index contributed by atoms with van der Waals surface area (Å²) in [5.41, 5.74) is 8.10. The number of benzene rings is 2. The Labute approximate surface area is 130 Å². The summed E-state index contributed by atoms with van der Waals surface area (Å²) >= 11 is 0. The maximum atomic E-state index is 13.3. The highest BCUT2D eigenvalue weighted by Crippen LogP contribution is 2.23. The number of nitrogens with two attached hydrogens (primary N) is 1. The van der Waals surface area contributed by atoms with Gasteiger partial charge in [0.2, 0.25) is 0 Å². The molecule has 0 aliphatic rings. The number of carbonyl (C=O) groups is 1. The number of nitrogen functional groups attached to an aromatic ring is 1. The molecule has 0 fully saturated rings. The Hall–Kier alpha value is -2.36. The van der Waals surface area contributed by atoms with Gasteiger partial charge in [0.1, 0.15) is 5.82 Å². The van der Waals surface area contributed by atoms with Crippen molar-refractivity contribution in [1.29, 1.82) is 0 Å². The Balaban J connectivity index is 2.18. The number of anilines is 2. The van der Waals surface area contributed by atoms with Crippen LogP contribution in [0.4, 0.5) is 15.8 Å². The van der Waals surface area contributed by atoms with E-state index in [9.17, 15) is 9.18 Å². The zero-order valence-electron chi connectivity index (χ0n) is 13.1. The lowest BCUT2D eigenvalue weighted by Gasteiger charge is -2.18. The molecule has 2 aromatic rings. The summed E-state index contributed by atoms with van der Waals surface area (Å²) < 4.78 is 13.3. The van der Waals surface area contributed by atoms with Gasteiger partial charge in [-0.3, -0.25) is 4.79 Å². The number of rotatable bonds is 3. The average molecular weight is 300 g/mol. The molecule has 0 saturated heterocycles. The molecule has 0 aliphatic carbocycles. The summed E-state index contributed by atoms with van der Waals surface area (Å²) in [6.45, 7) is 6.48. The normalized spacial score (nSPS) is 11.3. The minimum Gasteiger partial charge on any atom is -0.398 e. The maximum Gasteiger partial charge on any atom is 0.257 e. The summed E-state index contributed by atoms with van der Waals surface area (Å²) in [4.78, 5) is 12.2. The number of hydrogen-bond donors (Lipinski definition) is 2. The second kappa shape index (κ2) is 6.18. The molecule has 0 atom stereocenters. The van der Waals surface area contributed by atoms with E-state index < -0.39 is 11.7 Å². The van der Waals surface area contributed by atoms with E-state index in [1.165, 1.54) is 12.1 Å². The Morgan fingerprint density at radius 3 is 2.59 bits per heavy atom.